The standard InChI is InChI=1S/C24H22F2N4O3/c1-2-22(31)29-11-3-4-16(13-29)30-14-19(24(27)32)23(28-30)15-5-7-17(8-6-15)33-18-9-10-20(25)21(26)12-18/h2,5-10,12,14,16H,1,3-4,11,13H2,(H2,27,32). The Morgan fingerprint density at radius 2 is 1.85 bits per heavy atom. The molecule has 0 saturated carbocycles. The van der Waals surface area contributed by atoms with Crippen molar-refractivity contribution in [2.45, 2.75) is 18.9 Å². The van der Waals surface area contributed by atoms with Crippen molar-refractivity contribution in [1.29, 1.82) is 0 Å². The van der Waals surface area contributed by atoms with Crippen molar-refractivity contribution >= 4 is 11.8 Å². The van der Waals surface area contributed by atoms with Crippen LogP contribution in [0, 0.1) is 11.6 Å². The molecule has 1 aliphatic rings. The number of rotatable bonds is 6. The number of benzene rings is 2. The lowest BCUT2D eigenvalue weighted by molar-refractivity contribution is -0.127. The first-order valence-corrected chi connectivity index (χ1v) is 10.4. The van der Waals surface area contributed by atoms with E-state index in [2.05, 4.69) is 11.7 Å². The van der Waals surface area contributed by atoms with Gasteiger partial charge in [0.05, 0.1) is 11.6 Å². The van der Waals surface area contributed by atoms with E-state index in [-0.39, 0.29) is 23.3 Å². The number of amides is 2. The molecule has 1 saturated heterocycles. The molecule has 1 aromatic heterocycles. The number of carbonyl (C=O) groups is 2. The third-order valence-electron chi connectivity index (χ3n) is 5.51. The van der Waals surface area contributed by atoms with Crippen LogP contribution >= 0.6 is 0 Å². The number of nitrogens with two attached hydrogens (primary N) is 1. The number of carbonyl (C=O) groups excluding carboxylic acids is 2. The van der Waals surface area contributed by atoms with Gasteiger partial charge in [-0.05, 0) is 55.3 Å². The van der Waals surface area contributed by atoms with E-state index in [1.807, 2.05) is 0 Å². The third kappa shape index (κ3) is 4.77. The maximum atomic E-state index is 13.4. The fourth-order valence-electron chi connectivity index (χ4n) is 3.83. The van der Waals surface area contributed by atoms with E-state index in [1.165, 1.54) is 12.1 Å². The summed E-state index contributed by atoms with van der Waals surface area (Å²) in [6.07, 6.45) is 4.51. The Labute approximate surface area is 189 Å². The van der Waals surface area contributed by atoms with Gasteiger partial charge in [-0.2, -0.15) is 5.10 Å². The van der Waals surface area contributed by atoms with Gasteiger partial charge in [0.15, 0.2) is 11.6 Å². The molecule has 170 valence electrons. The lowest BCUT2D eigenvalue weighted by Gasteiger charge is -2.32. The predicted octanol–water partition coefficient (Wildman–Crippen LogP) is 4.07. The topological polar surface area (TPSA) is 90.5 Å². The number of ether oxygens (including phenoxy) is 1. The van der Waals surface area contributed by atoms with Crippen LogP contribution in [0.4, 0.5) is 8.78 Å². The molecule has 2 N–H and O–H groups in total. The Bertz CT molecular complexity index is 1210. The second kappa shape index (κ2) is 9.23. The van der Waals surface area contributed by atoms with Gasteiger partial charge in [-0.3, -0.25) is 14.3 Å². The number of hydrogen-bond donors (Lipinski definition) is 1. The average molecular weight is 452 g/mol. The van der Waals surface area contributed by atoms with Crippen molar-refractivity contribution in [1.82, 2.24) is 14.7 Å². The van der Waals surface area contributed by atoms with Crippen molar-refractivity contribution in [3.05, 3.63) is 78.5 Å². The lowest BCUT2D eigenvalue weighted by Crippen LogP contribution is -2.40. The van der Waals surface area contributed by atoms with Crippen molar-refractivity contribution in [3.63, 3.8) is 0 Å². The van der Waals surface area contributed by atoms with E-state index in [0.29, 0.717) is 30.1 Å². The molecular formula is C24H22F2N4O3. The smallest absolute Gasteiger partial charge is 0.252 e. The molecule has 0 radical (unpaired) electrons. The summed E-state index contributed by atoms with van der Waals surface area (Å²) in [6, 6.07) is 9.83. The van der Waals surface area contributed by atoms with Gasteiger partial charge in [-0.15, -0.1) is 0 Å². The Morgan fingerprint density at radius 1 is 1.12 bits per heavy atom. The molecule has 2 aromatic carbocycles. The first kappa shape index (κ1) is 22.2. The number of likely N-dealkylation sites (tertiary alicyclic amines) is 1. The molecule has 1 unspecified atom stereocenters. The fourth-order valence-corrected chi connectivity index (χ4v) is 3.83. The Morgan fingerprint density at radius 3 is 2.52 bits per heavy atom. The summed E-state index contributed by atoms with van der Waals surface area (Å²) < 4.78 is 33.7. The van der Waals surface area contributed by atoms with Crippen molar-refractivity contribution in [3.8, 4) is 22.8 Å². The van der Waals surface area contributed by atoms with E-state index in [9.17, 15) is 18.4 Å². The quantitative estimate of drug-likeness (QED) is 0.571. The fraction of sp³-hybridized carbons (Fsp3) is 0.208. The minimum Gasteiger partial charge on any atom is -0.457 e. The normalized spacial score (nSPS) is 15.8. The Balaban J connectivity index is 1.57. The largest absolute Gasteiger partial charge is 0.457 e. The minimum absolute atomic E-state index is 0.0921. The molecular weight excluding hydrogens is 430 g/mol. The highest BCUT2D eigenvalue weighted by Crippen LogP contribution is 2.30. The van der Waals surface area contributed by atoms with Crippen LogP contribution in [0.15, 0.2) is 61.3 Å². The van der Waals surface area contributed by atoms with Gasteiger partial charge in [0.1, 0.15) is 17.2 Å². The molecule has 1 aliphatic heterocycles. The minimum atomic E-state index is -1.00. The van der Waals surface area contributed by atoms with Crippen LogP contribution in [0.2, 0.25) is 0 Å². The molecule has 1 fully saturated rings. The van der Waals surface area contributed by atoms with Gasteiger partial charge in [-0.1, -0.05) is 6.58 Å². The Hall–Kier alpha value is -4.01. The average Bonchev–Trinajstić information content (AvgIpc) is 3.27. The molecule has 2 amide bonds. The van der Waals surface area contributed by atoms with Crippen molar-refractivity contribution < 1.29 is 23.1 Å². The number of aromatic nitrogens is 2. The molecule has 0 spiro atoms. The van der Waals surface area contributed by atoms with Crippen LogP contribution in [0.5, 0.6) is 11.5 Å². The summed E-state index contributed by atoms with van der Waals surface area (Å²) in [6.45, 7) is 4.65. The van der Waals surface area contributed by atoms with E-state index in [4.69, 9.17) is 10.5 Å². The first-order chi connectivity index (χ1) is 15.9. The van der Waals surface area contributed by atoms with E-state index in [1.54, 1.807) is 40.0 Å². The molecule has 1 atom stereocenters. The highest BCUT2D eigenvalue weighted by Gasteiger charge is 2.26. The van der Waals surface area contributed by atoms with Crippen LogP contribution in [-0.4, -0.2) is 39.6 Å². The number of hydrogen-bond acceptors (Lipinski definition) is 4. The first-order valence-electron chi connectivity index (χ1n) is 10.4. The molecule has 3 aromatic rings. The van der Waals surface area contributed by atoms with Crippen LogP contribution in [0.25, 0.3) is 11.3 Å². The highest BCUT2D eigenvalue weighted by atomic mass is 19.2. The molecule has 0 aliphatic carbocycles. The van der Waals surface area contributed by atoms with Crippen LogP contribution in [0.3, 0.4) is 0 Å². The monoisotopic (exact) mass is 452 g/mol. The third-order valence-corrected chi connectivity index (χ3v) is 5.51. The van der Waals surface area contributed by atoms with Gasteiger partial charge in [0.2, 0.25) is 5.91 Å². The number of piperidine rings is 1. The van der Waals surface area contributed by atoms with Gasteiger partial charge < -0.3 is 15.4 Å². The van der Waals surface area contributed by atoms with Crippen LogP contribution < -0.4 is 10.5 Å². The lowest BCUT2D eigenvalue weighted by atomic mass is 10.1. The van der Waals surface area contributed by atoms with E-state index >= 15 is 0 Å². The maximum Gasteiger partial charge on any atom is 0.252 e. The van der Waals surface area contributed by atoms with Crippen LogP contribution in [0.1, 0.15) is 29.2 Å². The molecule has 33 heavy (non-hydrogen) atoms. The number of primary amides is 1. The molecule has 0 bridgehead atoms. The summed E-state index contributed by atoms with van der Waals surface area (Å²) in [7, 11) is 0. The summed E-state index contributed by atoms with van der Waals surface area (Å²) >= 11 is 0. The summed E-state index contributed by atoms with van der Waals surface area (Å²) in [4.78, 5) is 25.8. The summed E-state index contributed by atoms with van der Waals surface area (Å²) in [5, 5.41) is 4.60. The summed E-state index contributed by atoms with van der Waals surface area (Å²) in [5.74, 6) is -2.17. The zero-order chi connectivity index (χ0) is 23.5. The van der Waals surface area contributed by atoms with Crippen molar-refractivity contribution in [2.24, 2.45) is 5.73 Å². The predicted molar refractivity (Wildman–Crippen MR) is 118 cm³/mol. The highest BCUT2D eigenvalue weighted by molar-refractivity contribution is 5.98. The van der Waals surface area contributed by atoms with Gasteiger partial charge in [0, 0.05) is 30.9 Å². The van der Waals surface area contributed by atoms with Gasteiger partial charge in [-0.25, -0.2) is 8.78 Å². The van der Waals surface area contributed by atoms with Crippen molar-refractivity contribution in [2.75, 3.05) is 13.1 Å². The van der Waals surface area contributed by atoms with Gasteiger partial charge in [0.25, 0.3) is 5.91 Å². The van der Waals surface area contributed by atoms with Crippen LogP contribution in [-0.2, 0) is 4.79 Å². The maximum absolute atomic E-state index is 13.4. The molecule has 7 nitrogen and oxygen atoms in total. The number of nitrogens with zero attached hydrogens (tertiary/aromatic N) is 3. The van der Waals surface area contributed by atoms with E-state index in [0.717, 1.165) is 25.0 Å². The second-order valence-electron chi connectivity index (χ2n) is 7.72. The molecule has 9 heteroatoms. The Kier molecular flexibility index (Phi) is 6.21. The zero-order valence-electron chi connectivity index (χ0n) is 17.7. The summed E-state index contributed by atoms with van der Waals surface area (Å²) in [5.41, 5.74) is 6.90. The van der Waals surface area contributed by atoms with E-state index < -0.39 is 17.5 Å². The molecule has 2 heterocycles. The SMILES string of the molecule is C=CC(=O)N1CCCC(n2cc(C(N)=O)c(-c3ccc(Oc4ccc(F)c(F)c4)cc3)n2)C1. The zero-order valence-corrected chi connectivity index (χ0v) is 17.7. The number of halogens is 2. The second-order valence-corrected chi connectivity index (χ2v) is 7.72. The van der Waals surface area contributed by atoms with Gasteiger partial charge >= 0.3 is 0 Å². The molecule has 4 rings (SSSR count).